The fourth-order valence-electron chi connectivity index (χ4n) is 2.95. The molecule has 108 valence electrons. The fraction of sp³-hybridized carbons (Fsp3) is 0.235. The fourth-order valence-corrected chi connectivity index (χ4v) is 3.48. The zero-order valence-electron chi connectivity index (χ0n) is 11.8. The lowest BCUT2D eigenvalue weighted by Crippen LogP contribution is -2.12. The molecule has 2 aromatic rings. The van der Waals surface area contributed by atoms with Crippen molar-refractivity contribution in [2.45, 2.75) is 25.7 Å². The van der Waals surface area contributed by atoms with Gasteiger partial charge in [0.25, 0.3) is 0 Å². The van der Waals surface area contributed by atoms with Gasteiger partial charge in [0.15, 0.2) is 0 Å². The summed E-state index contributed by atoms with van der Waals surface area (Å²) in [6, 6.07) is 11.7. The molecule has 0 amide bonds. The highest BCUT2D eigenvalue weighted by Gasteiger charge is 2.34. The third kappa shape index (κ3) is 2.54. The van der Waals surface area contributed by atoms with Gasteiger partial charge in [-0.2, -0.15) is 0 Å². The molecule has 0 radical (unpaired) electrons. The Bertz CT molecular complexity index is 730. The van der Waals surface area contributed by atoms with Crippen molar-refractivity contribution in [2.24, 2.45) is 5.16 Å². The van der Waals surface area contributed by atoms with Crippen molar-refractivity contribution >= 4 is 28.9 Å². The van der Waals surface area contributed by atoms with Crippen LogP contribution >= 0.6 is 23.2 Å². The lowest BCUT2D eigenvalue weighted by Gasteiger charge is -2.19. The van der Waals surface area contributed by atoms with Crippen LogP contribution in [0.5, 0.6) is 0 Å². The standard InChI is InChI=1S/C17H15Cl2NO/c1-17(2)9-16(20-21)14-4-3-10(7-15(14)17)11-5-12(18)8-13(19)6-11/h3-8,21H,9H2,1-2H3/b20-16+. The van der Waals surface area contributed by atoms with Gasteiger partial charge < -0.3 is 5.21 Å². The maximum absolute atomic E-state index is 9.16. The summed E-state index contributed by atoms with van der Waals surface area (Å²) in [6.07, 6.45) is 0.735. The Morgan fingerprint density at radius 2 is 1.67 bits per heavy atom. The monoisotopic (exact) mass is 319 g/mol. The zero-order valence-corrected chi connectivity index (χ0v) is 13.3. The van der Waals surface area contributed by atoms with Gasteiger partial charge in [0.05, 0.1) is 5.71 Å². The summed E-state index contributed by atoms with van der Waals surface area (Å²) in [5.41, 5.74) is 4.94. The number of benzene rings is 2. The van der Waals surface area contributed by atoms with Crippen LogP contribution in [-0.4, -0.2) is 10.9 Å². The molecule has 21 heavy (non-hydrogen) atoms. The highest BCUT2D eigenvalue weighted by atomic mass is 35.5. The van der Waals surface area contributed by atoms with Gasteiger partial charge in [0.2, 0.25) is 0 Å². The van der Waals surface area contributed by atoms with Gasteiger partial charge in [-0.25, -0.2) is 0 Å². The van der Waals surface area contributed by atoms with E-state index >= 15 is 0 Å². The van der Waals surface area contributed by atoms with Crippen molar-refractivity contribution in [3.63, 3.8) is 0 Å². The van der Waals surface area contributed by atoms with Crippen molar-refractivity contribution in [1.29, 1.82) is 0 Å². The van der Waals surface area contributed by atoms with E-state index in [9.17, 15) is 0 Å². The molecule has 4 heteroatoms. The number of hydrogen-bond donors (Lipinski definition) is 1. The minimum absolute atomic E-state index is 0.0464. The summed E-state index contributed by atoms with van der Waals surface area (Å²) in [6.45, 7) is 4.30. The van der Waals surface area contributed by atoms with Gasteiger partial charge in [0, 0.05) is 22.0 Å². The molecule has 0 aliphatic heterocycles. The molecule has 0 fully saturated rings. The van der Waals surface area contributed by atoms with Crippen LogP contribution in [0, 0.1) is 0 Å². The van der Waals surface area contributed by atoms with Crippen LogP contribution in [0.2, 0.25) is 10.0 Å². The second kappa shape index (κ2) is 5.04. The lowest BCUT2D eigenvalue weighted by atomic mass is 9.85. The maximum atomic E-state index is 9.16. The molecule has 0 saturated carbocycles. The minimum Gasteiger partial charge on any atom is -0.411 e. The van der Waals surface area contributed by atoms with Crippen LogP contribution in [0.15, 0.2) is 41.6 Å². The molecular formula is C17H15Cl2NO. The quantitative estimate of drug-likeness (QED) is 0.544. The van der Waals surface area contributed by atoms with Gasteiger partial charge in [-0.15, -0.1) is 0 Å². The van der Waals surface area contributed by atoms with Crippen LogP contribution < -0.4 is 0 Å². The van der Waals surface area contributed by atoms with E-state index in [2.05, 4.69) is 25.1 Å². The normalized spacial score (nSPS) is 18.0. The minimum atomic E-state index is -0.0464. The SMILES string of the molecule is CC1(C)C/C(=N\O)c2ccc(-c3cc(Cl)cc(Cl)c3)cc21. The van der Waals surface area contributed by atoms with Crippen LogP contribution in [0.4, 0.5) is 0 Å². The smallest absolute Gasteiger partial charge is 0.0879 e. The molecule has 0 heterocycles. The molecule has 3 rings (SSSR count). The van der Waals surface area contributed by atoms with Gasteiger partial charge in [-0.05, 0) is 46.4 Å². The summed E-state index contributed by atoms with van der Waals surface area (Å²) in [7, 11) is 0. The largest absolute Gasteiger partial charge is 0.411 e. The number of halogens is 2. The summed E-state index contributed by atoms with van der Waals surface area (Å²) >= 11 is 12.2. The molecule has 0 unspecified atom stereocenters. The molecule has 0 bridgehead atoms. The first-order valence-electron chi connectivity index (χ1n) is 6.73. The first-order chi connectivity index (χ1) is 9.90. The Morgan fingerprint density at radius 1 is 1.00 bits per heavy atom. The van der Waals surface area contributed by atoms with E-state index in [-0.39, 0.29) is 5.41 Å². The molecule has 2 nitrogen and oxygen atoms in total. The molecule has 1 aliphatic rings. The van der Waals surface area contributed by atoms with Crippen LogP contribution in [0.1, 0.15) is 31.4 Å². The third-order valence-corrected chi connectivity index (χ3v) is 4.42. The first-order valence-corrected chi connectivity index (χ1v) is 7.48. The van der Waals surface area contributed by atoms with Crippen LogP contribution in [0.25, 0.3) is 11.1 Å². The van der Waals surface area contributed by atoms with E-state index in [1.165, 1.54) is 5.56 Å². The Labute approximate surface area is 134 Å². The highest BCUT2D eigenvalue weighted by molar-refractivity contribution is 6.35. The number of fused-ring (bicyclic) bond motifs is 1. The second-order valence-electron chi connectivity index (χ2n) is 6.03. The van der Waals surface area contributed by atoms with E-state index in [4.69, 9.17) is 28.4 Å². The maximum Gasteiger partial charge on any atom is 0.0879 e. The first kappa shape index (κ1) is 14.4. The van der Waals surface area contributed by atoms with Crippen molar-refractivity contribution in [3.05, 3.63) is 57.6 Å². The summed E-state index contributed by atoms with van der Waals surface area (Å²) < 4.78 is 0. The van der Waals surface area contributed by atoms with Gasteiger partial charge in [0.1, 0.15) is 0 Å². The van der Waals surface area contributed by atoms with Crippen LogP contribution in [0.3, 0.4) is 0 Å². The highest BCUT2D eigenvalue weighted by Crippen LogP contribution is 2.41. The molecular weight excluding hydrogens is 305 g/mol. The molecule has 0 atom stereocenters. The predicted octanol–water partition coefficient (Wildman–Crippen LogP) is 5.52. The number of hydrogen-bond acceptors (Lipinski definition) is 2. The van der Waals surface area contributed by atoms with Gasteiger partial charge >= 0.3 is 0 Å². The van der Waals surface area contributed by atoms with Crippen molar-refractivity contribution in [3.8, 4) is 11.1 Å². The molecule has 0 saturated heterocycles. The number of rotatable bonds is 1. The van der Waals surface area contributed by atoms with E-state index in [0.29, 0.717) is 10.0 Å². The summed E-state index contributed by atoms with van der Waals surface area (Å²) in [4.78, 5) is 0. The molecule has 0 spiro atoms. The molecule has 1 N–H and O–H groups in total. The van der Waals surface area contributed by atoms with E-state index in [1.54, 1.807) is 6.07 Å². The number of nitrogens with zero attached hydrogens (tertiary/aromatic N) is 1. The van der Waals surface area contributed by atoms with E-state index in [0.717, 1.165) is 28.8 Å². The Kier molecular flexibility index (Phi) is 3.46. The average molecular weight is 320 g/mol. The van der Waals surface area contributed by atoms with Gasteiger partial charge in [-0.3, -0.25) is 0 Å². The molecule has 1 aliphatic carbocycles. The van der Waals surface area contributed by atoms with Gasteiger partial charge in [-0.1, -0.05) is 54.3 Å². The van der Waals surface area contributed by atoms with Crippen molar-refractivity contribution < 1.29 is 5.21 Å². The Morgan fingerprint density at radius 3 is 2.29 bits per heavy atom. The average Bonchev–Trinajstić information content (AvgIpc) is 2.69. The summed E-state index contributed by atoms with van der Waals surface area (Å²) in [5, 5.41) is 13.8. The van der Waals surface area contributed by atoms with E-state index in [1.807, 2.05) is 24.3 Å². The lowest BCUT2D eigenvalue weighted by molar-refractivity contribution is 0.317. The number of oxime groups is 1. The summed E-state index contributed by atoms with van der Waals surface area (Å²) in [5.74, 6) is 0. The Hall–Kier alpha value is -1.51. The van der Waals surface area contributed by atoms with Crippen molar-refractivity contribution in [2.75, 3.05) is 0 Å². The predicted molar refractivity (Wildman–Crippen MR) is 87.9 cm³/mol. The van der Waals surface area contributed by atoms with Crippen LogP contribution in [-0.2, 0) is 5.41 Å². The Balaban J connectivity index is 2.16. The molecule has 0 aromatic heterocycles. The third-order valence-electron chi connectivity index (χ3n) is 3.99. The second-order valence-corrected chi connectivity index (χ2v) is 6.90. The topological polar surface area (TPSA) is 32.6 Å². The zero-order chi connectivity index (χ0) is 15.2. The van der Waals surface area contributed by atoms with Crippen molar-refractivity contribution in [1.82, 2.24) is 0 Å². The molecule has 2 aromatic carbocycles. The van der Waals surface area contributed by atoms with E-state index < -0.39 is 0 Å².